The Bertz CT molecular complexity index is 347. The lowest BCUT2D eigenvalue weighted by Crippen LogP contribution is -2.28. The molecule has 4 nitrogen and oxygen atoms in total. The van der Waals surface area contributed by atoms with Crippen molar-refractivity contribution in [3.05, 3.63) is 18.3 Å². The number of amides is 1. The highest BCUT2D eigenvalue weighted by Crippen LogP contribution is 2.27. The van der Waals surface area contributed by atoms with Crippen LogP contribution < -0.4 is 11.1 Å². The second-order valence-electron chi connectivity index (χ2n) is 3.59. The van der Waals surface area contributed by atoms with Gasteiger partial charge in [-0.25, -0.2) is 4.98 Å². The number of pyridine rings is 1. The molecular weight excluding hydrogens is 178 g/mol. The maximum absolute atomic E-state index is 11.5. The molecule has 1 saturated carbocycles. The van der Waals surface area contributed by atoms with Crippen LogP contribution in [0.5, 0.6) is 0 Å². The van der Waals surface area contributed by atoms with Crippen LogP contribution in [0.3, 0.4) is 0 Å². The van der Waals surface area contributed by atoms with Crippen LogP contribution in [0.1, 0.15) is 19.3 Å². The number of nitrogens with zero attached hydrogens (tertiary/aromatic N) is 1. The van der Waals surface area contributed by atoms with E-state index in [9.17, 15) is 4.79 Å². The summed E-state index contributed by atoms with van der Waals surface area (Å²) < 4.78 is 0. The van der Waals surface area contributed by atoms with Crippen molar-refractivity contribution in [3.8, 4) is 0 Å². The van der Waals surface area contributed by atoms with E-state index in [0.717, 1.165) is 19.3 Å². The third kappa shape index (κ3) is 1.84. The fraction of sp³-hybridized carbons (Fsp3) is 0.400. The molecule has 1 amide bonds. The van der Waals surface area contributed by atoms with Crippen LogP contribution in [0.15, 0.2) is 18.3 Å². The lowest BCUT2D eigenvalue weighted by Gasteiger charge is -2.23. The predicted octanol–water partition coefficient (Wildman–Crippen LogP) is 1.40. The van der Waals surface area contributed by atoms with Crippen molar-refractivity contribution < 1.29 is 4.79 Å². The number of aromatic nitrogens is 1. The molecule has 3 N–H and O–H groups in total. The van der Waals surface area contributed by atoms with Crippen LogP contribution in [-0.4, -0.2) is 10.9 Å². The number of nitrogens with one attached hydrogen (secondary N) is 1. The Hall–Kier alpha value is -1.58. The average Bonchev–Trinajstić information content (AvgIpc) is 1.99. The van der Waals surface area contributed by atoms with Gasteiger partial charge >= 0.3 is 0 Å². The van der Waals surface area contributed by atoms with E-state index in [1.165, 1.54) is 0 Å². The average molecular weight is 191 g/mol. The maximum atomic E-state index is 11.5. The topological polar surface area (TPSA) is 68.0 Å². The fourth-order valence-electron chi connectivity index (χ4n) is 1.41. The predicted molar refractivity (Wildman–Crippen MR) is 54.6 cm³/mol. The molecule has 1 heterocycles. The molecule has 14 heavy (non-hydrogen) atoms. The van der Waals surface area contributed by atoms with E-state index in [0.29, 0.717) is 11.5 Å². The van der Waals surface area contributed by atoms with Gasteiger partial charge in [-0.1, -0.05) is 6.42 Å². The van der Waals surface area contributed by atoms with Crippen molar-refractivity contribution in [2.45, 2.75) is 19.3 Å². The Labute approximate surface area is 82.5 Å². The minimum absolute atomic E-state index is 0.0642. The molecule has 0 spiro atoms. The Balaban J connectivity index is 1.99. The van der Waals surface area contributed by atoms with Gasteiger partial charge in [0, 0.05) is 23.9 Å². The van der Waals surface area contributed by atoms with Gasteiger partial charge in [0.05, 0.1) is 0 Å². The third-order valence-electron chi connectivity index (χ3n) is 2.51. The number of hydrogen-bond acceptors (Lipinski definition) is 3. The van der Waals surface area contributed by atoms with Crippen LogP contribution in [0.4, 0.5) is 11.5 Å². The molecule has 4 heteroatoms. The zero-order valence-corrected chi connectivity index (χ0v) is 7.86. The van der Waals surface area contributed by atoms with Crippen LogP contribution in [0.2, 0.25) is 0 Å². The molecule has 0 aliphatic heterocycles. The van der Waals surface area contributed by atoms with Gasteiger partial charge < -0.3 is 11.1 Å². The summed E-state index contributed by atoms with van der Waals surface area (Å²) in [7, 11) is 0. The summed E-state index contributed by atoms with van der Waals surface area (Å²) in [6.07, 6.45) is 4.73. The summed E-state index contributed by atoms with van der Waals surface area (Å²) in [6, 6.07) is 3.36. The number of carbonyl (C=O) groups excluding carboxylic acids is 1. The monoisotopic (exact) mass is 191 g/mol. The number of rotatable bonds is 2. The van der Waals surface area contributed by atoms with Crippen LogP contribution in [0.25, 0.3) is 0 Å². The van der Waals surface area contributed by atoms with E-state index < -0.39 is 0 Å². The normalized spacial score (nSPS) is 16.0. The zero-order valence-electron chi connectivity index (χ0n) is 7.86. The van der Waals surface area contributed by atoms with Gasteiger partial charge in [-0.15, -0.1) is 0 Å². The van der Waals surface area contributed by atoms with Gasteiger partial charge in [-0.2, -0.15) is 0 Å². The first-order chi connectivity index (χ1) is 6.75. The van der Waals surface area contributed by atoms with Gasteiger partial charge in [0.2, 0.25) is 5.91 Å². The molecule has 0 atom stereocenters. The van der Waals surface area contributed by atoms with Crippen molar-refractivity contribution in [2.75, 3.05) is 11.1 Å². The molecule has 0 unspecified atom stereocenters. The molecule has 74 valence electrons. The Morgan fingerprint density at radius 1 is 1.57 bits per heavy atom. The Morgan fingerprint density at radius 3 is 2.93 bits per heavy atom. The summed E-state index contributed by atoms with van der Waals surface area (Å²) in [6.45, 7) is 0. The Morgan fingerprint density at radius 2 is 2.36 bits per heavy atom. The molecule has 0 aromatic carbocycles. The van der Waals surface area contributed by atoms with E-state index in [2.05, 4.69) is 10.3 Å². The number of nitrogens with two attached hydrogens (primary N) is 1. The molecule has 1 fully saturated rings. The molecule has 0 bridgehead atoms. The highest BCUT2D eigenvalue weighted by Gasteiger charge is 2.25. The van der Waals surface area contributed by atoms with E-state index in [4.69, 9.17) is 5.73 Å². The first-order valence-electron chi connectivity index (χ1n) is 4.78. The third-order valence-corrected chi connectivity index (χ3v) is 2.51. The van der Waals surface area contributed by atoms with Crippen LogP contribution >= 0.6 is 0 Å². The second-order valence-corrected chi connectivity index (χ2v) is 3.59. The van der Waals surface area contributed by atoms with Gasteiger partial charge in [-0.05, 0) is 18.9 Å². The smallest absolute Gasteiger partial charge is 0.228 e. The molecule has 1 aliphatic rings. The summed E-state index contributed by atoms with van der Waals surface area (Å²) in [4.78, 5) is 15.5. The molecule has 1 aromatic rings. The van der Waals surface area contributed by atoms with Crippen molar-refractivity contribution in [1.82, 2.24) is 4.98 Å². The summed E-state index contributed by atoms with van der Waals surface area (Å²) in [5, 5.41) is 2.75. The maximum Gasteiger partial charge on any atom is 0.228 e. The number of nitrogen functional groups attached to an aromatic ring is 1. The minimum atomic E-state index is 0.0642. The molecule has 0 radical (unpaired) electrons. The second kappa shape index (κ2) is 3.65. The van der Waals surface area contributed by atoms with Crippen molar-refractivity contribution in [1.29, 1.82) is 0 Å². The molecule has 0 saturated heterocycles. The number of anilines is 2. The van der Waals surface area contributed by atoms with Gasteiger partial charge in [0.15, 0.2) is 0 Å². The lowest BCUT2D eigenvalue weighted by molar-refractivity contribution is -0.122. The van der Waals surface area contributed by atoms with Crippen molar-refractivity contribution >= 4 is 17.4 Å². The SMILES string of the molecule is Nc1ccnc(NC(=O)C2CCC2)c1. The van der Waals surface area contributed by atoms with Crippen LogP contribution in [-0.2, 0) is 4.79 Å². The summed E-state index contributed by atoms with van der Waals surface area (Å²) in [5.41, 5.74) is 6.18. The minimum Gasteiger partial charge on any atom is -0.399 e. The number of carbonyl (C=O) groups is 1. The van der Waals surface area contributed by atoms with E-state index in [1.54, 1.807) is 18.3 Å². The van der Waals surface area contributed by atoms with Gasteiger partial charge in [0.1, 0.15) is 5.82 Å². The van der Waals surface area contributed by atoms with Gasteiger partial charge in [0.25, 0.3) is 0 Å². The molecule has 2 rings (SSSR count). The highest BCUT2D eigenvalue weighted by atomic mass is 16.2. The highest BCUT2D eigenvalue weighted by molar-refractivity contribution is 5.92. The van der Waals surface area contributed by atoms with Crippen molar-refractivity contribution in [3.63, 3.8) is 0 Å². The van der Waals surface area contributed by atoms with E-state index in [1.807, 2.05) is 0 Å². The van der Waals surface area contributed by atoms with E-state index >= 15 is 0 Å². The molecule has 1 aromatic heterocycles. The number of hydrogen-bond donors (Lipinski definition) is 2. The molecular formula is C10H13N3O. The van der Waals surface area contributed by atoms with E-state index in [-0.39, 0.29) is 11.8 Å². The molecule has 1 aliphatic carbocycles. The quantitative estimate of drug-likeness (QED) is 0.742. The Kier molecular flexibility index (Phi) is 2.35. The van der Waals surface area contributed by atoms with Crippen LogP contribution in [0, 0.1) is 5.92 Å². The fourth-order valence-corrected chi connectivity index (χ4v) is 1.41. The standard InChI is InChI=1S/C10H13N3O/c11-8-4-5-12-9(6-8)13-10(14)7-2-1-3-7/h4-7H,1-3H2,(H3,11,12,13,14). The first kappa shape index (κ1) is 8.99. The summed E-state index contributed by atoms with van der Waals surface area (Å²) >= 11 is 0. The largest absolute Gasteiger partial charge is 0.399 e. The summed E-state index contributed by atoms with van der Waals surface area (Å²) in [5.74, 6) is 0.787. The zero-order chi connectivity index (χ0) is 9.97. The first-order valence-corrected chi connectivity index (χ1v) is 4.78. The van der Waals surface area contributed by atoms with Crippen molar-refractivity contribution in [2.24, 2.45) is 5.92 Å². The van der Waals surface area contributed by atoms with Gasteiger partial charge in [-0.3, -0.25) is 4.79 Å². The lowest BCUT2D eigenvalue weighted by atomic mass is 9.85.